The average Bonchev–Trinajstić information content (AvgIpc) is 2.83. The number of nitrogens with zero attached hydrogens (tertiary/aromatic N) is 1. The van der Waals surface area contributed by atoms with Gasteiger partial charge >= 0.3 is 0 Å². The van der Waals surface area contributed by atoms with Crippen molar-refractivity contribution in [2.45, 2.75) is 31.4 Å². The Morgan fingerprint density at radius 3 is 2.86 bits per heavy atom. The van der Waals surface area contributed by atoms with Crippen molar-refractivity contribution >= 4 is 28.4 Å². The van der Waals surface area contributed by atoms with Crippen molar-refractivity contribution < 1.29 is 9.90 Å². The molecule has 2 aromatic rings. The van der Waals surface area contributed by atoms with Crippen LogP contribution < -0.4 is 5.32 Å². The number of benzene rings is 1. The molecule has 21 heavy (non-hydrogen) atoms. The second-order valence-electron chi connectivity index (χ2n) is 6.28. The Morgan fingerprint density at radius 1 is 1.48 bits per heavy atom. The van der Waals surface area contributed by atoms with Crippen LogP contribution in [0.2, 0.25) is 5.02 Å². The Kier molecular flexibility index (Phi) is 2.63. The summed E-state index contributed by atoms with van der Waals surface area (Å²) in [5.74, 6) is 0.711. The van der Waals surface area contributed by atoms with Crippen LogP contribution in [0.15, 0.2) is 18.3 Å². The molecule has 2 aliphatic carbocycles. The lowest BCUT2D eigenvalue weighted by Gasteiger charge is -2.27. The summed E-state index contributed by atoms with van der Waals surface area (Å²) < 4.78 is 0. The number of nitrogens with one attached hydrogen (secondary N) is 2. The molecule has 1 heterocycles. The second kappa shape index (κ2) is 4.21. The Hall–Kier alpha value is -1.59. The van der Waals surface area contributed by atoms with E-state index in [9.17, 15) is 9.90 Å². The summed E-state index contributed by atoms with van der Waals surface area (Å²) in [6.45, 7) is 1.53. The number of aliphatic hydroxyl groups is 1. The van der Waals surface area contributed by atoms with E-state index >= 15 is 0 Å². The fourth-order valence-corrected chi connectivity index (χ4v) is 4.15. The molecule has 5 nitrogen and oxygen atoms in total. The van der Waals surface area contributed by atoms with Crippen LogP contribution in [0.3, 0.4) is 0 Å². The van der Waals surface area contributed by atoms with E-state index in [1.807, 2.05) is 12.1 Å². The zero-order chi connectivity index (χ0) is 14.8. The lowest BCUT2D eigenvalue weighted by Crippen LogP contribution is -2.32. The van der Waals surface area contributed by atoms with Crippen molar-refractivity contribution in [3.05, 3.63) is 28.9 Å². The minimum atomic E-state index is -0.889. The highest BCUT2D eigenvalue weighted by Crippen LogP contribution is 2.60. The van der Waals surface area contributed by atoms with Gasteiger partial charge in [0.15, 0.2) is 0 Å². The molecule has 110 valence electrons. The normalized spacial score (nSPS) is 34.0. The van der Waals surface area contributed by atoms with Crippen LogP contribution in [0.5, 0.6) is 0 Å². The van der Waals surface area contributed by atoms with Gasteiger partial charge in [0.25, 0.3) is 0 Å². The van der Waals surface area contributed by atoms with E-state index in [1.165, 1.54) is 6.92 Å². The van der Waals surface area contributed by atoms with E-state index in [0.717, 1.165) is 16.5 Å². The topological polar surface area (TPSA) is 78.0 Å². The van der Waals surface area contributed by atoms with Crippen LogP contribution in [-0.2, 0) is 10.4 Å². The standard InChI is InChI=1S/C15H16ClN3O2/c1-7(20)18-14-10-4-15(21,5-11(10)14)12-3-9(16)2-8-6-17-19-13(8)12/h2-3,6,10-11,14,21H,4-5H2,1H3,(H,17,19)(H,18,20)/t10-,11+,14+,15+. The number of carbonyl (C=O) groups excluding carboxylic acids is 1. The van der Waals surface area contributed by atoms with Gasteiger partial charge in [-0.05, 0) is 36.8 Å². The Labute approximate surface area is 126 Å². The van der Waals surface area contributed by atoms with Crippen LogP contribution in [0.1, 0.15) is 25.3 Å². The summed E-state index contributed by atoms with van der Waals surface area (Å²) in [6.07, 6.45) is 3.01. The van der Waals surface area contributed by atoms with Gasteiger partial charge in [-0.2, -0.15) is 5.10 Å². The molecule has 0 radical (unpaired) electrons. The van der Waals surface area contributed by atoms with E-state index in [4.69, 9.17) is 11.6 Å². The zero-order valence-electron chi connectivity index (χ0n) is 11.6. The summed E-state index contributed by atoms with van der Waals surface area (Å²) in [6, 6.07) is 3.88. The Balaban J connectivity index is 1.65. The molecule has 1 aromatic carbocycles. The molecule has 0 spiro atoms. The summed E-state index contributed by atoms with van der Waals surface area (Å²) in [5.41, 5.74) is 0.774. The maximum absolute atomic E-state index is 11.1. The van der Waals surface area contributed by atoms with Crippen LogP contribution >= 0.6 is 11.6 Å². The molecule has 0 bridgehead atoms. The number of halogens is 1. The molecule has 0 unspecified atom stereocenters. The number of aromatic amines is 1. The minimum absolute atomic E-state index is 0.00310. The van der Waals surface area contributed by atoms with Crippen LogP contribution in [-0.4, -0.2) is 27.3 Å². The molecular formula is C15H16ClN3O2. The van der Waals surface area contributed by atoms with Crippen molar-refractivity contribution in [3.8, 4) is 0 Å². The van der Waals surface area contributed by atoms with Gasteiger partial charge in [0.1, 0.15) is 0 Å². The zero-order valence-corrected chi connectivity index (χ0v) is 12.3. The predicted molar refractivity (Wildman–Crippen MR) is 78.8 cm³/mol. The first-order chi connectivity index (χ1) is 9.98. The largest absolute Gasteiger partial charge is 0.385 e. The number of rotatable bonds is 2. The van der Waals surface area contributed by atoms with Crippen molar-refractivity contribution in [3.63, 3.8) is 0 Å². The van der Waals surface area contributed by atoms with E-state index < -0.39 is 5.60 Å². The van der Waals surface area contributed by atoms with Crippen molar-refractivity contribution in [1.82, 2.24) is 15.5 Å². The monoisotopic (exact) mass is 305 g/mol. The number of aromatic nitrogens is 2. The highest BCUT2D eigenvalue weighted by atomic mass is 35.5. The predicted octanol–water partition coefficient (Wildman–Crippen LogP) is 1.95. The third-order valence-electron chi connectivity index (χ3n) is 4.86. The highest BCUT2D eigenvalue weighted by molar-refractivity contribution is 6.31. The van der Waals surface area contributed by atoms with Crippen molar-refractivity contribution in [1.29, 1.82) is 0 Å². The fraction of sp³-hybridized carbons (Fsp3) is 0.467. The number of hydrogen-bond acceptors (Lipinski definition) is 3. The number of H-pyrrole nitrogens is 1. The molecular weight excluding hydrogens is 290 g/mol. The number of hydrogen-bond donors (Lipinski definition) is 3. The van der Waals surface area contributed by atoms with Crippen LogP contribution in [0.4, 0.5) is 0 Å². The minimum Gasteiger partial charge on any atom is -0.385 e. The van der Waals surface area contributed by atoms with E-state index in [-0.39, 0.29) is 11.9 Å². The molecule has 4 atom stereocenters. The molecule has 2 saturated carbocycles. The van der Waals surface area contributed by atoms with Crippen LogP contribution in [0, 0.1) is 11.8 Å². The second-order valence-corrected chi connectivity index (χ2v) is 6.72. The van der Waals surface area contributed by atoms with Gasteiger partial charge in [0.2, 0.25) is 5.91 Å². The first kappa shape index (κ1) is 13.1. The third kappa shape index (κ3) is 1.95. The lowest BCUT2D eigenvalue weighted by molar-refractivity contribution is -0.119. The summed E-state index contributed by atoms with van der Waals surface area (Å²) in [4.78, 5) is 11.1. The first-order valence-corrected chi connectivity index (χ1v) is 7.48. The quantitative estimate of drug-likeness (QED) is 0.793. The maximum Gasteiger partial charge on any atom is 0.217 e. The van der Waals surface area contributed by atoms with Crippen molar-refractivity contribution in [2.24, 2.45) is 11.8 Å². The molecule has 0 aliphatic heterocycles. The summed E-state index contributed by atoms with van der Waals surface area (Å²) in [5, 5.41) is 22.5. The molecule has 1 amide bonds. The Bertz CT molecular complexity index is 730. The van der Waals surface area contributed by atoms with Gasteiger partial charge in [0, 0.05) is 28.9 Å². The smallest absolute Gasteiger partial charge is 0.217 e. The first-order valence-electron chi connectivity index (χ1n) is 7.10. The van der Waals surface area contributed by atoms with Gasteiger partial charge < -0.3 is 10.4 Å². The Morgan fingerprint density at radius 2 is 2.19 bits per heavy atom. The molecule has 6 heteroatoms. The van der Waals surface area contributed by atoms with Gasteiger partial charge in [-0.25, -0.2) is 0 Å². The summed E-state index contributed by atoms with van der Waals surface area (Å²) >= 11 is 6.16. The molecule has 3 N–H and O–H groups in total. The van der Waals surface area contributed by atoms with Gasteiger partial charge in [-0.1, -0.05) is 11.6 Å². The fourth-order valence-electron chi connectivity index (χ4n) is 3.92. The third-order valence-corrected chi connectivity index (χ3v) is 5.08. The highest BCUT2D eigenvalue weighted by Gasteiger charge is 2.62. The maximum atomic E-state index is 11.1. The average molecular weight is 306 g/mol. The van der Waals surface area contributed by atoms with Gasteiger partial charge in [-0.15, -0.1) is 0 Å². The molecule has 2 aliphatic rings. The molecule has 4 rings (SSSR count). The lowest BCUT2D eigenvalue weighted by atomic mass is 9.87. The molecule has 0 saturated heterocycles. The number of fused-ring (bicyclic) bond motifs is 2. The van der Waals surface area contributed by atoms with E-state index in [1.54, 1.807) is 6.20 Å². The number of amides is 1. The van der Waals surface area contributed by atoms with Crippen molar-refractivity contribution in [2.75, 3.05) is 0 Å². The molecule has 1 aromatic heterocycles. The van der Waals surface area contributed by atoms with Gasteiger partial charge in [-0.3, -0.25) is 9.89 Å². The van der Waals surface area contributed by atoms with Crippen LogP contribution in [0.25, 0.3) is 10.9 Å². The molecule has 2 fully saturated rings. The summed E-state index contributed by atoms with van der Waals surface area (Å²) in [7, 11) is 0. The number of carbonyl (C=O) groups is 1. The van der Waals surface area contributed by atoms with Gasteiger partial charge in [0.05, 0.1) is 17.3 Å². The van der Waals surface area contributed by atoms with E-state index in [2.05, 4.69) is 15.5 Å². The van der Waals surface area contributed by atoms with E-state index in [0.29, 0.717) is 29.7 Å². The SMILES string of the molecule is CC(=O)N[C@H]1[C@@H]2C[C@@](O)(c3cc(Cl)cc4cn[nH]c34)C[C@@H]21.